The first-order chi connectivity index (χ1) is 14.5. The Hall–Kier alpha value is -3.00. The van der Waals surface area contributed by atoms with Crippen LogP contribution in [0.1, 0.15) is 35.7 Å². The van der Waals surface area contributed by atoms with Crippen LogP contribution < -0.4 is 10.3 Å². The van der Waals surface area contributed by atoms with Crippen molar-refractivity contribution < 1.29 is 9.53 Å². The number of rotatable bonds is 5. The van der Waals surface area contributed by atoms with Gasteiger partial charge in [0.1, 0.15) is 22.3 Å². The number of aromatic nitrogens is 3. The van der Waals surface area contributed by atoms with E-state index in [0.717, 1.165) is 34.7 Å². The van der Waals surface area contributed by atoms with Crippen LogP contribution in [0.4, 0.5) is 0 Å². The lowest BCUT2D eigenvalue weighted by molar-refractivity contribution is -0.131. The zero-order chi connectivity index (χ0) is 21.1. The highest BCUT2D eigenvalue weighted by molar-refractivity contribution is 7.13. The fourth-order valence-corrected chi connectivity index (χ4v) is 4.47. The molecule has 30 heavy (non-hydrogen) atoms. The van der Waals surface area contributed by atoms with Crippen LogP contribution in [-0.4, -0.2) is 46.0 Å². The van der Waals surface area contributed by atoms with Gasteiger partial charge in [0.25, 0.3) is 5.56 Å². The maximum absolute atomic E-state index is 12.8. The molecule has 0 unspecified atom stereocenters. The molecule has 156 valence electrons. The molecule has 1 fully saturated rings. The Morgan fingerprint density at radius 2 is 2.10 bits per heavy atom. The molecular weight excluding hydrogens is 400 g/mol. The summed E-state index contributed by atoms with van der Waals surface area (Å²) in [6.45, 7) is 3.29. The number of carbonyl (C=O) groups is 1. The van der Waals surface area contributed by atoms with Crippen LogP contribution in [0.25, 0.3) is 10.7 Å². The zero-order valence-corrected chi connectivity index (χ0v) is 17.9. The summed E-state index contributed by atoms with van der Waals surface area (Å²) in [5.41, 5.74) is 2.45. The predicted octanol–water partition coefficient (Wildman–Crippen LogP) is 3.16. The maximum atomic E-state index is 12.8. The summed E-state index contributed by atoms with van der Waals surface area (Å²) in [6, 6.07) is 7.33. The van der Waals surface area contributed by atoms with Gasteiger partial charge >= 0.3 is 0 Å². The zero-order valence-electron chi connectivity index (χ0n) is 17.1. The van der Waals surface area contributed by atoms with Crippen LogP contribution in [0.15, 0.2) is 40.6 Å². The summed E-state index contributed by atoms with van der Waals surface area (Å²) in [7, 11) is 1.64. The van der Waals surface area contributed by atoms with Crippen LogP contribution in [0.3, 0.4) is 0 Å². The lowest BCUT2D eigenvalue weighted by Crippen LogP contribution is -2.39. The first-order valence-corrected chi connectivity index (χ1v) is 10.8. The van der Waals surface area contributed by atoms with E-state index in [1.807, 2.05) is 35.4 Å². The molecule has 1 N–H and O–H groups in total. The summed E-state index contributed by atoms with van der Waals surface area (Å²) in [6.07, 6.45) is 3.64. The minimum Gasteiger partial charge on any atom is -0.496 e. The Labute approximate surface area is 178 Å². The number of benzene rings is 1. The Bertz CT molecular complexity index is 1090. The number of hydrogen-bond donors (Lipinski definition) is 1. The van der Waals surface area contributed by atoms with Crippen LogP contribution in [0.2, 0.25) is 0 Å². The number of thiazole rings is 1. The molecule has 7 nitrogen and oxygen atoms in total. The minimum absolute atomic E-state index is 0.121. The number of amides is 1. The van der Waals surface area contributed by atoms with E-state index in [1.165, 1.54) is 17.4 Å². The van der Waals surface area contributed by atoms with Crippen molar-refractivity contribution >= 4 is 17.2 Å². The average Bonchev–Trinajstić information content (AvgIpc) is 3.29. The minimum atomic E-state index is -0.168. The van der Waals surface area contributed by atoms with E-state index in [9.17, 15) is 9.59 Å². The molecule has 0 radical (unpaired) electrons. The number of carbonyl (C=O) groups excluding carboxylic acids is 1. The van der Waals surface area contributed by atoms with E-state index in [4.69, 9.17) is 4.74 Å². The van der Waals surface area contributed by atoms with Crippen molar-refractivity contribution in [2.75, 3.05) is 20.2 Å². The van der Waals surface area contributed by atoms with Crippen LogP contribution in [0.5, 0.6) is 5.75 Å². The largest absolute Gasteiger partial charge is 0.496 e. The summed E-state index contributed by atoms with van der Waals surface area (Å²) in [4.78, 5) is 38.5. The maximum Gasteiger partial charge on any atom is 0.251 e. The van der Waals surface area contributed by atoms with E-state index in [1.54, 1.807) is 13.3 Å². The van der Waals surface area contributed by atoms with Gasteiger partial charge in [0.05, 0.1) is 13.5 Å². The molecule has 1 aromatic carbocycles. The Morgan fingerprint density at radius 1 is 1.30 bits per heavy atom. The van der Waals surface area contributed by atoms with Crippen molar-refractivity contribution in [2.24, 2.45) is 0 Å². The van der Waals surface area contributed by atoms with Gasteiger partial charge in [-0.15, -0.1) is 11.3 Å². The molecule has 3 heterocycles. The highest BCUT2D eigenvalue weighted by Gasteiger charge is 2.26. The summed E-state index contributed by atoms with van der Waals surface area (Å²) >= 11 is 1.46. The number of H-pyrrole nitrogens is 1. The van der Waals surface area contributed by atoms with E-state index in [2.05, 4.69) is 15.0 Å². The summed E-state index contributed by atoms with van der Waals surface area (Å²) in [5, 5.41) is 2.61. The van der Waals surface area contributed by atoms with E-state index >= 15 is 0 Å². The van der Waals surface area contributed by atoms with Gasteiger partial charge in [0.2, 0.25) is 5.91 Å². The smallest absolute Gasteiger partial charge is 0.251 e. The molecule has 4 rings (SSSR count). The number of likely N-dealkylation sites (tertiary alicyclic amines) is 1. The molecular formula is C22H24N4O3S. The topological polar surface area (TPSA) is 88.2 Å². The van der Waals surface area contributed by atoms with Gasteiger partial charge < -0.3 is 14.6 Å². The van der Waals surface area contributed by atoms with E-state index < -0.39 is 0 Å². The Morgan fingerprint density at radius 3 is 2.77 bits per heavy atom. The average molecular weight is 425 g/mol. The van der Waals surface area contributed by atoms with Crippen molar-refractivity contribution in [1.82, 2.24) is 19.9 Å². The van der Waals surface area contributed by atoms with Crippen LogP contribution in [-0.2, 0) is 11.2 Å². The van der Waals surface area contributed by atoms with E-state index in [-0.39, 0.29) is 17.4 Å². The lowest BCUT2D eigenvalue weighted by Gasteiger charge is -2.31. The first-order valence-electron chi connectivity index (χ1n) is 9.96. The first kappa shape index (κ1) is 20.3. The second-order valence-corrected chi connectivity index (χ2v) is 8.38. The molecule has 0 spiro atoms. The third kappa shape index (κ3) is 4.43. The van der Waals surface area contributed by atoms with Crippen LogP contribution >= 0.6 is 11.3 Å². The van der Waals surface area contributed by atoms with Gasteiger partial charge in [-0.1, -0.05) is 12.1 Å². The van der Waals surface area contributed by atoms with E-state index in [0.29, 0.717) is 31.0 Å². The third-order valence-electron chi connectivity index (χ3n) is 5.46. The van der Waals surface area contributed by atoms with Gasteiger partial charge in [-0.05, 0) is 37.0 Å². The van der Waals surface area contributed by atoms with Crippen molar-refractivity contribution in [3.63, 3.8) is 0 Å². The van der Waals surface area contributed by atoms with Crippen molar-refractivity contribution in [3.8, 4) is 16.5 Å². The Balaban J connectivity index is 1.40. The second kappa shape index (κ2) is 8.79. The fourth-order valence-electron chi connectivity index (χ4n) is 3.87. The highest BCUT2D eigenvalue weighted by atomic mass is 32.1. The molecule has 3 aromatic rings. The van der Waals surface area contributed by atoms with Gasteiger partial charge in [-0.2, -0.15) is 0 Å². The molecule has 1 aliphatic rings. The number of hydrogen-bond acceptors (Lipinski definition) is 6. The molecule has 2 aromatic heterocycles. The normalized spacial score (nSPS) is 14.7. The number of nitrogens with one attached hydrogen (secondary N) is 1. The Kier molecular flexibility index (Phi) is 5.94. The highest BCUT2D eigenvalue weighted by Crippen LogP contribution is 2.27. The number of ether oxygens (including phenoxy) is 1. The predicted molar refractivity (Wildman–Crippen MR) is 116 cm³/mol. The molecule has 1 saturated heterocycles. The molecule has 0 saturated carbocycles. The number of methoxy groups -OCH3 is 1. The molecule has 0 aliphatic carbocycles. The third-order valence-corrected chi connectivity index (χ3v) is 6.26. The number of aromatic amines is 1. The van der Waals surface area contributed by atoms with Gasteiger partial charge in [-0.25, -0.2) is 9.97 Å². The molecule has 1 amide bonds. The second-order valence-electron chi connectivity index (χ2n) is 7.49. The molecule has 1 aliphatic heterocycles. The van der Waals surface area contributed by atoms with Crippen molar-refractivity contribution in [1.29, 1.82) is 0 Å². The summed E-state index contributed by atoms with van der Waals surface area (Å²) in [5.74, 6) is 1.76. The lowest BCUT2D eigenvalue weighted by atomic mass is 9.95. The number of piperidine rings is 1. The van der Waals surface area contributed by atoms with Crippen molar-refractivity contribution in [3.05, 3.63) is 63.1 Å². The van der Waals surface area contributed by atoms with Gasteiger partial charge in [0.15, 0.2) is 0 Å². The molecule has 0 atom stereocenters. The number of nitrogens with zero attached hydrogens (tertiary/aromatic N) is 3. The monoisotopic (exact) mass is 424 g/mol. The quantitative estimate of drug-likeness (QED) is 0.680. The van der Waals surface area contributed by atoms with Gasteiger partial charge in [-0.3, -0.25) is 9.59 Å². The molecule has 8 heteroatoms. The van der Waals surface area contributed by atoms with Gasteiger partial charge in [0, 0.05) is 36.7 Å². The summed E-state index contributed by atoms with van der Waals surface area (Å²) < 4.78 is 5.29. The van der Waals surface area contributed by atoms with Crippen LogP contribution in [0, 0.1) is 6.92 Å². The standard InChI is InChI=1S/C22H24N4O3S/c1-14-11-15(3-4-18(14)29-2)12-20(28)26-8-5-16(6-9-26)21-24-17(13-19(27)25-21)22-23-7-10-30-22/h3-4,7,10-11,13,16H,5-6,8-9,12H2,1-2H3,(H,24,25,27). The SMILES string of the molecule is COc1ccc(CC(=O)N2CCC(c3nc(-c4nccs4)cc(=O)[nH]3)CC2)cc1C. The molecule has 0 bridgehead atoms. The van der Waals surface area contributed by atoms with Crippen molar-refractivity contribution in [2.45, 2.75) is 32.1 Å². The fraction of sp³-hybridized carbons (Fsp3) is 0.364. The number of aryl methyl sites for hydroxylation is 1.